The van der Waals surface area contributed by atoms with Gasteiger partial charge in [0.1, 0.15) is 0 Å². The Morgan fingerprint density at radius 1 is 1.26 bits per heavy atom. The molecule has 0 aliphatic rings. The van der Waals surface area contributed by atoms with Gasteiger partial charge in [-0.2, -0.15) is 0 Å². The summed E-state index contributed by atoms with van der Waals surface area (Å²) in [6.45, 7) is 1.86. The van der Waals surface area contributed by atoms with Crippen LogP contribution in [0.3, 0.4) is 0 Å². The van der Waals surface area contributed by atoms with Crippen molar-refractivity contribution < 1.29 is 14.3 Å². The molecular weight excluding hydrogens is 266 g/mol. The largest absolute Gasteiger partial charge is 0.462 e. The number of nitrogens with one attached hydrogen (secondary N) is 1. The van der Waals surface area contributed by atoms with E-state index in [4.69, 9.17) is 0 Å². The van der Waals surface area contributed by atoms with Crippen LogP contribution in [0, 0.1) is 6.92 Å². The number of hydrogen-bond donors (Lipinski definition) is 1. The second-order valence-electron chi connectivity index (χ2n) is 3.88. The van der Waals surface area contributed by atoms with Crippen molar-refractivity contribution in [3.8, 4) is 0 Å². The summed E-state index contributed by atoms with van der Waals surface area (Å²) in [5, 5.41) is 2.89. The highest BCUT2D eigenvalue weighted by molar-refractivity contribution is 7.18. The van der Waals surface area contributed by atoms with E-state index in [1.54, 1.807) is 24.3 Å². The van der Waals surface area contributed by atoms with Crippen molar-refractivity contribution in [1.29, 1.82) is 0 Å². The van der Waals surface area contributed by atoms with Crippen LogP contribution in [-0.4, -0.2) is 19.0 Å². The van der Waals surface area contributed by atoms with E-state index in [2.05, 4.69) is 10.1 Å². The predicted octanol–water partition coefficient (Wildman–Crippen LogP) is 1.68. The lowest BCUT2D eigenvalue weighted by molar-refractivity contribution is -0.150. The zero-order valence-corrected chi connectivity index (χ0v) is 11.2. The van der Waals surface area contributed by atoms with E-state index >= 15 is 0 Å². The van der Waals surface area contributed by atoms with Crippen LogP contribution >= 0.6 is 11.3 Å². The molecule has 2 aromatic rings. The maximum atomic E-state index is 11.8. The Balaban J connectivity index is 2.40. The number of anilines is 1. The van der Waals surface area contributed by atoms with Gasteiger partial charge in [-0.05, 0) is 31.2 Å². The second-order valence-corrected chi connectivity index (χ2v) is 5.17. The fourth-order valence-electron chi connectivity index (χ4n) is 1.63. The second kappa shape index (κ2) is 5.19. The molecule has 98 valence electrons. The first-order chi connectivity index (χ1) is 9.01. The van der Waals surface area contributed by atoms with Gasteiger partial charge < -0.3 is 10.1 Å². The molecule has 1 N–H and O–H groups in total. The number of benzene rings is 1. The number of amides is 1. The highest BCUT2D eigenvalue weighted by Crippen LogP contribution is 2.21. The monoisotopic (exact) mass is 277 g/mol. The molecule has 0 fully saturated rings. The van der Waals surface area contributed by atoms with Crippen LogP contribution in [0.15, 0.2) is 29.1 Å². The number of carbonyl (C=O) groups excluding carboxylic acids is 2. The first kappa shape index (κ1) is 13.2. The molecule has 0 bridgehead atoms. The molecule has 0 atom stereocenters. The van der Waals surface area contributed by atoms with Crippen LogP contribution in [-0.2, 0) is 14.3 Å². The summed E-state index contributed by atoms with van der Waals surface area (Å²) >= 11 is 1.49. The van der Waals surface area contributed by atoms with Crippen molar-refractivity contribution in [2.24, 2.45) is 0 Å². The molecule has 0 radical (unpaired) electrons. The molecular formula is C13H11NO4S. The highest BCUT2D eigenvalue weighted by atomic mass is 32.1. The smallest absolute Gasteiger partial charge is 0.396 e. The Kier molecular flexibility index (Phi) is 3.62. The van der Waals surface area contributed by atoms with Gasteiger partial charge in [0.15, 0.2) is 5.43 Å². The normalized spacial score (nSPS) is 10.2. The van der Waals surface area contributed by atoms with Crippen LogP contribution in [0.4, 0.5) is 5.69 Å². The first-order valence-electron chi connectivity index (χ1n) is 5.45. The molecule has 1 heterocycles. The van der Waals surface area contributed by atoms with Gasteiger partial charge in [-0.1, -0.05) is 0 Å². The van der Waals surface area contributed by atoms with Gasteiger partial charge in [-0.25, -0.2) is 4.79 Å². The average molecular weight is 277 g/mol. The number of fused-ring (bicyclic) bond motifs is 1. The minimum absolute atomic E-state index is 0.111. The molecule has 0 aliphatic heterocycles. The lowest BCUT2D eigenvalue weighted by atomic mass is 10.2. The minimum atomic E-state index is -0.978. The van der Waals surface area contributed by atoms with E-state index in [1.807, 2.05) is 6.92 Å². The Labute approximate surface area is 112 Å². The van der Waals surface area contributed by atoms with Gasteiger partial charge in [-0.3, -0.25) is 9.59 Å². The summed E-state index contributed by atoms with van der Waals surface area (Å²) in [4.78, 5) is 35.1. The van der Waals surface area contributed by atoms with E-state index in [0.717, 1.165) is 16.7 Å². The molecule has 1 aromatic heterocycles. The molecule has 1 aromatic carbocycles. The quantitative estimate of drug-likeness (QED) is 0.636. The standard InChI is InChI=1S/C13H11NO4S/c1-7-5-10(15)9-6-8(3-4-11(9)19-7)14-12(16)13(17)18-2/h3-6H,1-2H3,(H,14,16). The number of esters is 1. The lowest BCUT2D eigenvalue weighted by Crippen LogP contribution is -2.23. The third-order valence-corrected chi connectivity index (χ3v) is 3.49. The van der Waals surface area contributed by atoms with Crippen LogP contribution in [0.25, 0.3) is 10.1 Å². The third-order valence-electron chi connectivity index (χ3n) is 2.48. The van der Waals surface area contributed by atoms with Gasteiger partial charge in [-0.15, -0.1) is 11.3 Å². The Morgan fingerprint density at radius 2 is 2.00 bits per heavy atom. The maximum absolute atomic E-state index is 11.8. The Hall–Kier alpha value is -2.21. The summed E-state index contributed by atoms with van der Waals surface area (Å²) in [7, 11) is 1.13. The minimum Gasteiger partial charge on any atom is -0.462 e. The van der Waals surface area contributed by atoms with E-state index in [-0.39, 0.29) is 5.43 Å². The number of carbonyl (C=O) groups is 2. The number of hydrogen-bond acceptors (Lipinski definition) is 5. The van der Waals surface area contributed by atoms with E-state index < -0.39 is 11.9 Å². The molecule has 0 saturated carbocycles. The summed E-state index contributed by atoms with van der Waals surface area (Å²) in [5.41, 5.74) is 0.275. The fraction of sp³-hybridized carbons (Fsp3) is 0.154. The van der Waals surface area contributed by atoms with Gasteiger partial charge in [0.25, 0.3) is 0 Å². The molecule has 6 heteroatoms. The topological polar surface area (TPSA) is 72.5 Å². The molecule has 0 aliphatic carbocycles. The van der Waals surface area contributed by atoms with Crippen molar-refractivity contribution in [2.45, 2.75) is 6.92 Å². The Morgan fingerprint density at radius 3 is 2.68 bits per heavy atom. The summed E-state index contributed by atoms with van der Waals surface area (Å²) < 4.78 is 5.13. The number of ether oxygens (including phenoxy) is 1. The Bertz CT molecular complexity index is 720. The molecule has 19 heavy (non-hydrogen) atoms. The summed E-state index contributed by atoms with van der Waals surface area (Å²) in [5.74, 6) is -1.85. The van der Waals surface area contributed by atoms with E-state index in [1.165, 1.54) is 11.3 Å². The molecule has 0 saturated heterocycles. The number of rotatable bonds is 1. The van der Waals surface area contributed by atoms with Crippen LogP contribution in [0.2, 0.25) is 0 Å². The van der Waals surface area contributed by atoms with Gasteiger partial charge in [0.05, 0.1) is 7.11 Å². The zero-order chi connectivity index (χ0) is 14.0. The summed E-state index contributed by atoms with van der Waals surface area (Å²) in [6, 6.07) is 6.47. The SMILES string of the molecule is COC(=O)C(=O)Nc1ccc2sc(C)cc(=O)c2c1. The van der Waals surface area contributed by atoms with Crippen molar-refractivity contribution in [3.05, 3.63) is 39.4 Å². The van der Waals surface area contributed by atoms with Gasteiger partial charge in [0.2, 0.25) is 0 Å². The number of aryl methyl sites for hydroxylation is 1. The summed E-state index contributed by atoms with van der Waals surface area (Å²) in [6.07, 6.45) is 0. The molecule has 0 spiro atoms. The molecule has 5 nitrogen and oxygen atoms in total. The van der Waals surface area contributed by atoms with Crippen LogP contribution < -0.4 is 10.7 Å². The van der Waals surface area contributed by atoms with E-state index in [9.17, 15) is 14.4 Å². The molecule has 1 amide bonds. The molecule has 2 rings (SSSR count). The van der Waals surface area contributed by atoms with E-state index in [0.29, 0.717) is 11.1 Å². The van der Waals surface area contributed by atoms with Crippen LogP contribution in [0.1, 0.15) is 4.88 Å². The van der Waals surface area contributed by atoms with Gasteiger partial charge >= 0.3 is 11.9 Å². The highest BCUT2D eigenvalue weighted by Gasteiger charge is 2.14. The number of methoxy groups -OCH3 is 1. The van der Waals surface area contributed by atoms with Crippen molar-refractivity contribution in [2.75, 3.05) is 12.4 Å². The van der Waals surface area contributed by atoms with Gasteiger partial charge in [0, 0.05) is 20.7 Å². The van der Waals surface area contributed by atoms with Crippen molar-refractivity contribution >= 4 is 39.0 Å². The lowest BCUT2D eigenvalue weighted by Gasteiger charge is -2.05. The maximum Gasteiger partial charge on any atom is 0.396 e. The zero-order valence-electron chi connectivity index (χ0n) is 10.4. The predicted molar refractivity (Wildman–Crippen MR) is 73.5 cm³/mol. The average Bonchev–Trinajstić information content (AvgIpc) is 2.38. The van der Waals surface area contributed by atoms with Crippen molar-refractivity contribution in [1.82, 2.24) is 0 Å². The van der Waals surface area contributed by atoms with Crippen molar-refractivity contribution in [3.63, 3.8) is 0 Å². The molecule has 0 unspecified atom stereocenters. The first-order valence-corrected chi connectivity index (χ1v) is 6.26. The van der Waals surface area contributed by atoms with Crippen LogP contribution in [0.5, 0.6) is 0 Å². The third kappa shape index (κ3) is 2.79. The fourth-order valence-corrected chi connectivity index (χ4v) is 2.55.